The predicted molar refractivity (Wildman–Crippen MR) is 81.9 cm³/mol. The van der Waals surface area contributed by atoms with E-state index in [1.807, 2.05) is 13.8 Å². The van der Waals surface area contributed by atoms with Gasteiger partial charge in [-0.1, -0.05) is 27.5 Å². The molecular weight excluding hydrogens is 348 g/mol. The molecule has 1 amide bonds. The van der Waals surface area contributed by atoms with E-state index in [9.17, 15) is 4.79 Å². The molecule has 0 spiro atoms. The molecule has 0 bridgehead atoms. The van der Waals surface area contributed by atoms with Crippen LogP contribution in [-0.4, -0.2) is 10.9 Å². The standard InChI is InChI=1S/C13H12BrClN2OS/c1-7-6-16-13(19-7)8(2)17-12(18)10-5-9(14)3-4-11(10)15/h3-6,8H,1-2H3,(H,17,18). The smallest absolute Gasteiger partial charge is 0.253 e. The van der Waals surface area contributed by atoms with Crippen LogP contribution >= 0.6 is 38.9 Å². The summed E-state index contributed by atoms with van der Waals surface area (Å²) in [6, 6.07) is 5.06. The van der Waals surface area contributed by atoms with E-state index in [2.05, 4.69) is 26.2 Å². The molecule has 2 rings (SSSR count). The molecular formula is C13H12BrClN2OS. The van der Waals surface area contributed by atoms with Gasteiger partial charge in [-0.3, -0.25) is 4.79 Å². The summed E-state index contributed by atoms with van der Waals surface area (Å²) in [6.45, 7) is 3.89. The molecule has 6 heteroatoms. The van der Waals surface area contributed by atoms with E-state index in [1.165, 1.54) is 0 Å². The highest BCUT2D eigenvalue weighted by atomic mass is 79.9. The summed E-state index contributed by atoms with van der Waals surface area (Å²) in [6.07, 6.45) is 1.80. The van der Waals surface area contributed by atoms with Crippen LogP contribution in [0.25, 0.3) is 0 Å². The van der Waals surface area contributed by atoms with Crippen molar-refractivity contribution in [3.63, 3.8) is 0 Å². The fraction of sp³-hybridized carbons (Fsp3) is 0.231. The minimum Gasteiger partial charge on any atom is -0.343 e. The molecule has 0 saturated carbocycles. The number of nitrogens with one attached hydrogen (secondary N) is 1. The van der Waals surface area contributed by atoms with Crippen molar-refractivity contribution in [1.82, 2.24) is 10.3 Å². The molecule has 0 aliphatic carbocycles. The van der Waals surface area contributed by atoms with Crippen LogP contribution in [0.15, 0.2) is 28.9 Å². The summed E-state index contributed by atoms with van der Waals surface area (Å²) in [5.41, 5.74) is 0.455. The molecule has 0 fully saturated rings. The summed E-state index contributed by atoms with van der Waals surface area (Å²) in [5, 5.41) is 4.22. The van der Waals surface area contributed by atoms with Crippen LogP contribution in [0.2, 0.25) is 5.02 Å². The van der Waals surface area contributed by atoms with Crippen molar-refractivity contribution in [1.29, 1.82) is 0 Å². The number of nitrogens with zero attached hydrogens (tertiary/aromatic N) is 1. The Kier molecular flexibility index (Phi) is 4.60. The van der Waals surface area contributed by atoms with Crippen LogP contribution in [0.1, 0.15) is 33.2 Å². The second-order valence-electron chi connectivity index (χ2n) is 4.13. The second-order valence-corrected chi connectivity index (χ2v) is 6.72. The maximum atomic E-state index is 12.2. The molecule has 0 saturated heterocycles. The normalized spacial score (nSPS) is 12.2. The number of thiazole rings is 1. The first-order chi connectivity index (χ1) is 8.97. The molecule has 3 nitrogen and oxygen atoms in total. The van der Waals surface area contributed by atoms with E-state index in [4.69, 9.17) is 11.6 Å². The summed E-state index contributed by atoms with van der Waals surface area (Å²) in [5.74, 6) is -0.202. The Morgan fingerprint density at radius 2 is 2.26 bits per heavy atom. The van der Waals surface area contributed by atoms with Gasteiger partial charge in [-0.05, 0) is 32.0 Å². The molecule has 1 N–H and O–H groups in total. The third-order valence-corrected chi connectivity index (χ3v) is 4.45. The van der Waals surface area contributed by atoms with Crippen molar-refractivity contribution in [3.05, 3.63) is 49.3 Å². The SMILES string of the molecule is Cc1cnc(C(C)NC(=O)c2cc(Br)ccc2Cl)s1. The Morgan fingerprint density at radius 3 is 2.89 bits per heavy atom. The zero-order chi connectivity index (χ0) is 14.0. The summed E-state index contributed by atoms with van der Waals surface area (Å²) in [7, 11) is 0. The Hall–Kier alpha value is -0.910. The highest BCUT2D eigenvalue weighted by Crippen LogP contribution is 2.23. The lowest BCUT2D eigenvalue weighted by Gasteiger charge is -2.12. The second kappa shape index (κ2) is 6.03. The Labute approximate surface area is 129 Å². The maximum Gasteiger partial charge on any atom is 0.253 e. The number of amides is 1. The van der Waals surface area contributed by atoms with E-state index in [-0.39, 0.29) is 11.9 Å². The van der Waals surface area contributed by atoms with E-state index < -0.39 is 0 Å². The predicted octanol–water partition coefficient (Wildman–Crippen LogP) is 4.36. The average molecular weight is 360 g/mol. The highest BCUT2D eigenvalue weighted by Gasteiger charge is 2.16. The average Bonchev–Trinajstić information content (AvgIpc) is 2.79. The minimum atomic E-state index is -0.202. The quantitative estimate of drug-likeness (QED) is 0.885. The Bertz CT molecular complexity index is 614. The number of aromatic nitrogens is 1. The molecule has 100 valence electrons. The number of hydrogen-bond acceptors (Lipinski definition) is 3. The van der Waals surface area contributed by atoms with E-state index in [0.29, 0.717) is 10.6 Å². The third kappa shape index (κ3) is 3.55. The topological polar surface area (TPSA) is 42.0 Å². The van der Waals surface area contributed by atoms with Gasteiger partial charge in [0.05, 0.1) is 16.6 Å². The van der Waals surface area contributed by atoms with Gasteiger partial charge >= 0.3 is 0 Å². The number of benzene rings is 1. The van der Waals surface area contributed by atoms with Crippen LogP contribution < -0.4 is 5.32 Å². The van der Waals surface area contributed by atoms with E-state index >= 15 is 0 Å². The van der Waals surface area contributed by atoms with Crippen molar-refractivity contribution < 1.29 is 4.79 Å². The van der Waals surface area contributed by atoms with Gasteiger partial charge in [0.25, 0.3) is 5.91 Å². The van der Waals surface area contributed by atoms with Gasteiger partial charge in [0, 0.05) is 15.5 Å². The fourth-order valence-electron chi connectivity index (χ4n) is 1.58. The fourth-order valence-corrected chi connectivity index (χ4v) is 2.92. The van der Waals surface area contributed by atoms with Gasteiger partial charge in [-0.25, -0.2) is 4.98 Å². The molecule has 2 aromatic rings. The van der Waals surface area contributed by atoms with Gasteiger partial charge in [0.15, 0.2) is 0 Å². The Morgan fingerprint density at radius 1 is 1.53 bits per heavy atom. The number of carbonyl (C=O) groups excluding carboxylic acids is 1. The summed E-state index contributed by atoms with van der Waals surface area (Å²) < 4.78 is 0.819. The first-order valence-electron chi connectivity index (χ1n) is 5.65. The molecule has 1 atom stereocenters. The molecule has 1 aromatic heterocycles. The van der Waals surface area contributed by atoms with Crippen molar-refractivity contribution >= 4 is 44.8 Å². The maximum absolute atomic E-state index is 12.2. The lowest BCUT2D eigenvalue weighted by molar-refractivity contribution is 0.0940. The van der Waals surface area contributed by atoms with Crippen molar-refractivity contribution in [3.8, 4) is 0 Å². The zero-order valence-electron chi connectivity index (χ0n) is 10.4. The first kappa shape index (κ1) is 14.5. The van der Waals surface area contributed by atoms with Gasteiger partial charge in [0.1, 0.15) is 5.01 Å². The van der Waals surface area contributed by atoms with E-state index in [0.717, 1.165) is 14.4 Å². The number of aryl methyl sites for hydroxylation is 1. The van der Waals surface area contributed by atoms with Gasteiger partial charge in [-0.15, -0.1) is 11.3 Å². The van der Waals surface area contributed by atoms with E-state index in [1.54, 1.807) is 35.7 Å². The van der Waals surface area contributed by atoms with Gasteiger partial charge in [-0.2, -0.15) is 0 Å². The van der Waals surface area contributed by atoms with Gasteiger partial charge < -0.3 is 5.32 Å². The lowest BCUT2D eigenvalue weighted by atomic mass is 10.2. The van der Waals surface area contributed by atoms with Crippen molar-refractivity contribution in [2.75, 3.05) is 0 Å². The molecule has 0 aliphatic heterocycles. The molecule has 1 heterocycles. The molecule has 1 unspecified atom stereocenters. The monoisotopic (exact) mass is 358 g/mol. The van der Waals surface area contributed by atoms with Crippen molar-refractivity contribution in [2.45, 2.75) is 19.9 Å². The summed E-state index contributed by atoms with van der Waals surface area (Å²) >= 11 is 10.9. The molecule has 0 radical (unpaired) electrons. The van der Waals surface area contributed by atoms with Crippen LogP contribution in [0.4, 0.5) is 0 Å². The number of hydrogen-bond donors (Lipinski definition) is 1. The van der Waals surface area contributed by atoms with Crippen LogP contribution in [0, 0.1) is 6.92 Å². The number of carbonyl (C=O) groups is 1. The first-order valence-corrected chi connectivity index (χ1v) is 7.64. The van der Waals surface area contributed by atoms with Crippen LogP contribution in [-0.2, 0) is 0 Å². The molecule has 1 aromatic carbocycles. The number of halogens is 2. The minimum absolute atomic E-state index is 0.138. The van der Waals surface area contributed by atoms with Gasteiger partial charge in [0.2, 0.25) is 0 Å². The van der Waals surface area contributed by atoms with Crippen molar-refractivity contribution in [2.24, 2.45) is 0 Å². The summed E-state index contributed by atoms with van der Waals surface area (Å²) in [4.78, 5) is 17.6. The largest absolute Gasteiger partial charge is 0.343 e. The lowest BCUT2D eigenvalue weighted by Crippen LogP contribution is -2.26. The molecule has 0 aliphatic rings. The Balaban J connectivity index is 2.15. The molecule has 19 heavy (non-hydrogen) atoms. The zero-order valence-corrected chi connectivity index (χ0v) is 13.6. The van der Waals surface area contributed by atoms with Crippen LogP contribution in [0.3, 0.4) is 0 Å². The third-order valence-electron chi connectivity index (χ3n) is 2.53. The van der Waals surface area contributed by atoms with Crippen LogP contribution in [0.5, 0.6) is 0 Å². The number of rotatable bonds is 3. The highest BCUT2D eigenvalue weighted by molar-refractivity contribution is 9.10.